The molecule has 1 aromatic heterocycles. The van der Waals surface area contributed by atoms with Gasteiger partial charge in [0.1, 0.15) is 5.69 Å². The first kappa shape index (κ1) is 15.0. The molecule has 6 heteroatoms. The molecule has 0 unspecified atom stereocenters. The number of nitrogens with one attached hydrogen (secondary N) is 1. The van der Waals surface area contributed by atoms with Gasteiger partial charge in [0.15, 0.2) is 0 Å². The normalized spacial score (nSPS) is 15.8. The first-order valence-electron chi connectivity index (χ1n) is 7.11. The van der Waals surface area contributed by atoms with Crippen LogP contribution >= 0.6 is 11.3 Å². The lowest BCUT2D eigenvalue weighted by Gasteiger charge is -2.21. The van der Waals surface area contributed by atoms with Crippen molar-refractivity contribution in [1.29, 1.82) is 0 Å². The van der Waals surface area contributed by atoms with E-state index in [1.54, 1.807) is 12.3 Å². The summed E-state index contributed by atoms with van der Waals surface area (Å²) in [4.78, 5) is 27.5. The third-order valence-corrected chi connectivity index (χ3v) is 4.29. The van der Waals surface area contributed by atoms with Crippen LogP contribution < -0.4 is 5.32 Å². The highest BCUT2D eigenvalue weighted by molar-refractivity contribution is 7.11. The second-order valence-corrected chi connectivity index (χ2v) is 5.83. The van der Waals surface area contributed by atoms with Crippen LogP contribution in [0.4, 0.5) is 0 Å². The number of carbonyl (C=O) groups is 2. The van der Waals surface area contributed by atoms with Crippen LogP contribution in [0.25, 0.3) is 0 Å². The molecule has 5 nitrogen and oxygen atoms in total. The molecule has 0 saturated heterocycles. The van der Waals surface area contributed by atoms with E-state index < -0.39 is 5.97 Å². The highest BCUT2D eigenvalue weighted by atomic mass is 32.1. The lowest BCUT2D eigenvalue weighted by molar-refractivity contribution is 0.0526. The van der Waals surface area contributed by atoms with Crippen molar-refractivity contribution < 1.29 is 14.3 Å². The molecule has 1 N–H and O–H groups in total. The Bertz CT molecular complexity index is 467. The number of hydrogen-bond donors (Lipinski definition) is 1. The van der Waals surface area contributed by atoms with Gasteiger partial charge in [-0.15, -0.1) is 11.3 Å². The molecule has 0 radical (unpaired) electrons. The van der Waals surface area contributed by atoms with Crippen LogP contribution in [0.15, 0.2) is 5.38 Å². The molecular formula is C14H20N2O3S. The number of aromatic nitrogens is 1. The SMILES string of the molecule is CCOC(=O)c1nc(C(=O)NCC2CCCCC2)cs1. The Morgan fingerprint density at radius 1 is 1.40 bits per heavy atom. The molecule has 1 aliphatic rings. The molecule has 0 bridgehead atoms. The van der Waals surface area contributed by atoms with Gasteiger partial charge in [-0.25, -0.2) is 9.78 Å². The number of ether oxygens (including phenoxy) is 1. The van der Waals surface area contributed by atoms with Crippen molar-refractivity contribution in [2.75, 3.05) is 13.2 Å². The second-order valence-electron chi connectivity index (χ2n) is 4.97. The third kappa shape index (κ3) is 4.03. The molecular weight excluding hydrogens is 276 g/mol. The smallest absolute Gasteiger partial charge is 0.367 e. The maximum atomic E-state index is 12.0. The lowest BCUT2D eigenvalue weighted by Crippen LogP contribution is -2.30. The third-order valence-electron chi connectivity index (χ3n) is 3.46. The van der Waals surface area contributed by atoms with Crippen LogP contribution in [-0.4, -0.2) is 30.0 Å². The van der Waals surface area contributed by atoms with Crippen molar-refractivity contribution in [1.82, 2.24) is 10.3 Å². The zero-order valence-electron chi connectivity index (χ0n) is 11.7. The first-order valence-corrected chi connectivity index (χ1v) is 7.99. The molecule has 0 atom stereocenters. The van der Waals surface area contributed by atoms with Crippen LogP contribution in [0, 0.1) is 5.92 Å². The van der Waals surface area contributed by atoms with E-state index in [4.69, 9.17) is 4.74 Å². The number of nitrogens with zero attached hydrogens (tertiary/aromatic N) is 1. The van der Waals surface area contributed by atoms with E-state index in [-0.39, 0.29) is 10.9 Å². The Hall–Kier alpha value is -1.43. The summed E-state index contributed by atoms with van der Waals surface area (Å²) >= 11 is 1.14. The van der Waals surface area contributed by atoms with Gasteiger partial charge in [-0.1, -0.05) is 19.3 Å². The Morgan fingerprint density at radius 3 is 2.85 bits per heavy atom. The Morgan fingerprint density at radius 2 is 2.15 bits per heavy atom. The minimum Gasteiger partial charge on any atom is -0.461 e. The van der Waals surface area contributed by atoms with Gasteiger partial charge in [-0.2, -0.15) is 0 Å². The van der Waals surface area contributed by atoms with E-state index in [1.165, 1.54) is 32.1 Å². The summed E-state index contributed by atoms with van der Waals surface area (Å²) in [5.41, 5.74) is 0.300. The van der Waals surface area contributed by atoms with Crippen LogP contribution in [0.5, 0.6) is 0 Å². The standard InChI is InChI=1S/C14H20N2O3S/c1-2-19-14(18)13-16-11(9-20-13)12(17)15-8-10-6-4-3-5-7-10/h9-10H,2-8H2,1H3,(H,15,17). The first-order chi connectivity index (χ1) is 9.70. The maximum absolute atomic E-state index is 12.0. The Labute approximate surface area is 122 Å². The van der Waals surface area contributed by atoms with E-state index >= 15 is 0 Å². The predicted octanol–water partition coefficient (Wildman–Crippen LogP) is 2.63. The molecule has 0 aromatic carbocycles. The van der Waals surface area contributed by atoms with E-state index in [0.29, 0.717) is 24.8 Å². The minimum atomic E-state index is -0.469. The molecule has 2 rings (SSSR count). The number of amides is 1. The van der Waals surface area contributed by atoms with Gasteiger partial charge in [0.2, 0.25) is 5.01 Å². The van der Waals surface area contributed by atoms with Gasteiger partial charge in [0, 0.05) is 11.9 Å². The molecule has 1 fully saturated rings. The molecule has 1 saturated carbocycles. The van der Waals surface area contributed by atoms with Crippen molar-refractivity contribution in [2.45, 2.75) is 39.0 Å². The van der Waals surface area contributed by atoms with Gasteiger partial charge in [-0.05, 0) is 25.7 Å². The Balaban J connectivity index is 1.84. The van der Waals surface area contributed by atoms with Gasteiger partial charge < -0.3 is 10.1 Å². The van der Waals surface area contributed by atoms with Crippen molar-refractivity contribution in [2.24, 2.45) is 5.92 Å². The van der Waals surface area contributed by atoms with Crippen LogP contribution in [-0.2, 0) is 4.74 Å². The molecule has 1 aliphatic carbocycles. The predicted molar refractivity (Wildman–Crippen MR) is 77.0 cm³/mol. The average molecular weight is 296 g/mol. The van der Waals surface area contributed by atoms with Crippen LogP contribution in [0.3, 0.4) is 0 Å². The summed E-state index contributed by atoms with van der Waals surface area (Å²) in [6.45, 7) is 2.75. The van der Waals surface area contributed by atoms with Crippen LogP contribution in [0.1, 0.15) is 59.3 Å². The van der Waals surface area contributed by atoms with E-state index in [2.05, 4.69) is 10.3 Å². The van der Waals surface area contributed by atoms with Gasteiger partial charge >= 0.3 is 5.97 Å². The van der Waals surface area contributed by atoms with Gasteiger partial charge in [0.25, 0.3) is 5.91 Å². The lowest BCUT2D eigenvalue weighted by atomic mass is 9.89. The number of carbonyl (C=O) groups excluding carboxylic acids is 2. The fraction of sp³-hybridized carbons (Fsp3) is 0.643. The topological polar surface area (TPSA) is 68.3 Å². The summed E-state index contributed by atoms with van der Waals surface area (Å²) in [5.74, 6) is -0.0953. The number of hydrogen-bond acceptors (Lipinski definition) is 5. The summed E-state index contributed by atoms with van der Waals surface area (Å²) < 4.78 is 4.85. The second kappa shape index (κ2) is 7.38. The molecule has 0 spiro atoms. The molecule has 1 aromatic rings. The van der Waals surface area contributed by atoms with Crippen molar-refractivity contribution >= 4 is 23.2 Å². The number of rotatable bonds is 5. The van der Waals surface area contributed by atoms with E-state index in [0.717, 1.165) is 11.3 Å². The molecule has 20 heavy (non-hydrogen) atoms. The van der Waals surface area contributed by atoms with E-state index in [1.807, 2.05) is 0 Å². The molecule has 110 valence electrons. The quantitative estimate of drug-likeness (QED) is 0.848. The fourth-order valence-electron chi connectivity index (χ4n) is 2.38. The maximum Gasteiger partial charge on any atom is 0.367 e. The van der Waals surface area contributed by atoms with E-state index in [9.17, 15) is 9.59 Å². The summed E-state index contributed by atoms with van der Waals surface area (Å²) in [7, 11) is 0. The number of thiazole rings is 1. The summed E-state index contributed by atoms with van der Waals surface area (Å²) in [5, 5.41) is 4.74. The van der Waals surface area contributed by atoms with Gasteiger partial charge in [0.05, 0.1) is 6.61 Å². The Kier molecular flexibility index (Phi) is 5.52. The highest BCUT2D eigenvalue weighted by Crippen LogP contribution is 2.22. The molecule has 1 heterocycles. The molecule has 0 aliphatic heterocycles. The van der Waals surface area contributed by atoms with Crippen molar-refractivity contribution in [3.8, 4) is 0 Å². The minimum absolute atomic E-state index is 0.206. The summed E-state index contributed by atoms with van der Waals surface area (Å²) in [6.07, 6.45) is 6.19. The zero-order valence-corrected chi connectivity index (χ0v) is 12.5. The summed E-state index contributed by atoms with van der Waals surface area (Å²) in [6, 6.07) is 0. The fourth-order valence-corrected chi connectivity index (χ4v) is 3.07. The highest BCUT2D eigenvalue weighted by Gasteiger charge is 2.18. The van der Waals surface area contributed by atoms with Crippen molar-refractivity contribution in [3.63, 3.8) is 0 Å². The van der Waals surface area contributed by atoms with Crippen molar-refractivity contribution in [3.05, 3.63) is 16.1 Å². The molecule has 1 amide bonds. The van der Waals surface area contributed by atoms with Crippen LogP contribution in [0.2, 0.25) is 0 Å². The average Bonchev–Trinajstić information content (AvgIpc) is 2.96. The number of esters is 1. The monoisotopic (exact) mass is 296 g/mol. The van der Waals surface area contributed by atoms with Gasteiger partial charge in [-0.3, -0.25) is 4.79 Å². The largest absolute Gasteiger partial charge is 0.461 e. The zero-order chi connectivity index (χ0) is 14.4.